The maximum atomic E-state index is 5.96. The minimum absolute atomic E-state index is 0.394. The molecule has 0 bridgehead atoms. The zero-order valence-electron chi connectivity index (χ0n) is 10.4. The van der Waals surface area contributed by atoms with Crippen LogP contribution in [0.4, 0.5) is 0 Å². The molecule has 1 heterocycles. The summed E-state index contributed by atoms with van der Waals surface area (Å²) in [5.74, 6) is 1.97. The topological polar surface area (TPSA) is 44.2 Å². The van der Waals surface area contributed by atoms with E-state index in [0.29, 0.717) is 28.2 Å². The Morgan fingerprint density at radius 3 is 2.17 bits per heavy atom. The Morgan fingerprint density at radius 1 is 1.06 bits per heavy atom. The van der Waals surface area contributed by atoms with Crippen LogP contribution in [0.1, 0.15) is 5.82 Å². The van der Waals surface area contributed by atoms with Gasteiger partial charge in [-0.15, -0.1) is 0 Å². The van der Waals surface area contributed by atoms with E-state index in [9.17, 15) is 0 Å². The average molecular weight is 265 g/mol. The summed E-state index contributed by atoms with van der Waals surface area (Å²) in [6.07, 6.45) is 0. The van der Waals surface area contributed by atoms with Crippen LogP contribution in [0.15, 0.2) is 24.3 Å². The van der Waals surface area contributed by atoms with Gasteiger partial charge in [0.25, 0.3) is 0 Å². The number of aromatic nitrogens is 2. The Balaban J connectivity index is 2.68. The Labute approximate surface area is 111 Å². The molecule has 0 fully saturated rings. The highest BCUT2D eigenvalue weighted by atomic mass is 35.5. The molecule has 0 saturated carbocycles. The fourth-order valence-electron chi connectivity index (χ4n) is 1.76. The van der Waals surface area contributed by atoms with Gasteiger partial charge in [0.15, 0.2) is 0 Å². The monoisotopic (exact) mass is 264 g/mol. The number of hydrogen-bond acceptors (Lipinski definition) is 4. The minimum atomic E-state index is 0.394. The van der Waals surface area contributed by atoms with E-state index in [-0.39, 0.29) is 0 Å². The molecule has 2 rings (SSSR count). The van der Waals surface area contributed by atoms with E-state index < -0.39 is 0 Å². The molecule has 0 radical (unpaired) electrons. The summed E-state index contributed by atoms with van der Waals surface area (Å²) in [5, 5.41) is 0.394. The molecule has 0 unspecified atom stereocenters. The van der Waals surface area contributed by atoms with Crippen LogP contribution in [0.3, 0.4) is 0 Å². The van der Waals surface area contributed by atoms with Crippen molar-refractivity contribution < 1.29 is 9.47 Å². The number of benzene rings is 1. The number of rotatable bonds is 3. The van der Waals surface area contributed by atoms with Crippen LogP contribution in [0, 0.1) is 6.92 Å². The highest BCUT2D eigenvalue weighted by Crippen LogP contribution is 2.37. The normalized spacial score (nSPS) is 10.2. The second-order valence-corrected chi connectivity index (χ2v) is 4.05. The van der Waals surface area contributed by atoms with Crippen LogP contribution in [0.5, 0.6) is 11.5 Å². The number of hydrogen-bond donors (Lipinski definition) is 0. The molecule has 0 atom stereocenters. The first-order chi connectivity index (χ1) is 8.65. The van der Waals surface area contributed by atoms with Gasteiger partial charge in [0.2, 0.25) is 0 Å². The molecule has 2 aromatic rings. The molecule has 0 amide bonds. The molecule has 1 aromatic heterocycles. The number of ether oxygens (including phenoxy) is 2. The number of methoxy groups -OCH3 is 2. The maximum absolute atomic E-state index is 5.96. The van der Waals surface area contributed by atoms with Crippen molar-refractivity contribution in [1.82, 2.24) is 9.97 Å². The summed E-state index contributed by atoms with van der Waals surface area (Å²) in [4.78, 5) is 8.41. The van der Waals surface area contributed by atoms with Crippen molar-refractivity contribution in [2.24, 2.45) is 0 Å². The standard InChI is InChI=1S/C13H13ClN2O2/c1-8-15-9(7-12(14)16-8)13-10(17-2)5-4-6-11(13)18-3/h4-7H,1-3H3. The molecule has 0 saturated heterocycles. The molecule has 4 nitrogen and oxygen atoms in total. The van der Waals surface area contributed by atoms with Gasteiger partial charge in [-0.05, 0) is 19.1 Å². The van der Waals surface area contributed by atoms with Crippen LogP contribution >= 0.6 is 11.6 Å². The SMILES string of the molecule is COc1cccc(OC)c1-c1cc(Cl)nc(C)n1. The zero-order valence-corrected chi connectivity index (χ0v) is 11.2. The van der Waals surface area contributed by atoms with Gasteiger partial charge in [-0.2, -0.15) is 0 Å². The van der Waals surface area contributed by atoms with Crippen molar-refractivity contribution in [3.8, 4) is 22.8 Å². The molecule has 0 aliphatic rings. The third kappa shape index (κ3) is 2.38. The van der Waals surface area contributed by atoms with E-state index in [1.165, 1.54) is 0 Å². The molecule has 0 aliphatic carbocycles. The van der Waals surface area contributed by atoms with Crippen molar-refractivity contribution >= 4 is 11.6 Å². The van der Waals surface area contributed by atoms with Crippen LogP contribution in [-0.4, -0.2) is 24.2 Å². The van der Waals surface area contributed by atoms with Crippen molar-refractivity contribution in [3.63, 3.8) is 0 Å². The van der Waals surface area contributed by atoms with Gasteiger partial charge in [0.05, 0.1) is 25.5 Å². The Hall–Kier alpha value is -1.81. The second-order valence-electron chi connectivity index (χ2n) is 3.66. The third-order valence-corrected chi connectivity index (χ3v) is 2.68. The fourth-order valence-corrected chi connectivity index (χ4v) is 1.99. The Morgan fingerprint density at radius 2 is 1.67 bits per heavy atom. The van der Waals surface area contributed by atoms with Crippen molar-refractivity contribution in [1.29, 1.82) is 0 Å². The predicted molar refractivity (Wildman–Crippen MR) is 70.3 cm³/mol. The van der Waals surface area contributed by atoms with E-state index in [2.05, 4.69) is 9.97 Å². The first-order valence-electron chi connectivity index (χ1n) is 5.38. The van der Waals surface area contributed by atoms with Crippen LogP contribution in [0.25, 0.3) is 11.3 Å². The third-order valence-electron chi connectivity index (χ3n) is 2.49. The van der Waals surface area contributed by atoms with Gasteiger partial charge in [0.1, 0.15) is 22.5 Å². The first kappa shape index (κ1) is 12.6. The molecular weight excluding hydrogens is 252 g/mol. The maximum Gasteiger partial charge on any atom is 0.133 e. The van der Waals surface area contributed by atoms with Crippen LogP contribution in [-0.2, 0) is 0 Å². The average Bonchev–Trinajstić information content (AvgIpc) is 2.36. The summed E-state index contributed by atoms with van der Waals surface area (Å²) in [5.41, 5.74) is 1.46. The zero-order chi connectivity index (χ0) is 13.1. The Kier molecular flexibility index (Phi) is 3.67. The molecule has 0 aliphatic heterocycles. The molecule has 5 heteroatoms. The van der Waals surface area contributed by atoms with Crippen molar-refractivity contribution in [2.45, 2.75) is 6.92 Å². The highest BCUT2D eigenvalue weighted by molar-refractivity contribution is 6.29. The van der Waals surface area contributed by atoms with Gasteiger partial charge < -0.3 is 9.47 Å². The quantitative estimate of drug-likeness (QED) is 0.799. The van der Waals surface area contributed by atoms with E-state index in [0.717, 1.165) is 5.56 Å². The lowest BCUT2D eigenvalue weighted by Crippen LogP contribution is -1.97. The predicted octanol–water partition coefficient (Wildman–Crippen LogP) is 3.12. The minimum Gasteiger partial charge on any atom is -0.496 e. The molecular formula is C13H13ClN2O2. The van der Waals surface area contributed by atoms with Gasteiger partial charge in [-0.3, -0.25) is 0 Å². The lowest BCUT2D eigenvalue weighted by molar-refractivity contribution is 0.397. The van der Waals surface area contributed by atoms with Crippen LogP contribution < -0.4 is 9.47 Å². The van der Waals surface area contributed by atoms with Gasteiger partial charge in [0, 0.05) is 6.07 Å². The molecule has 0 N–H and O–H groups in total. The smallest absolute Gasteiger partial charge is 0.133 e. The van der Waals surface area contributed by atoms with Gasteiger partial charge in [-0.1, -0.05) is 17.7 Å². The number of aryl methyl sites for hydroxylation is 1. The fraction of sp³-hybridized carbons (Fsp3) is 0.231. The van der Waals surface area contributed by atoms with E-state index in [1.54, 1.807) is 27.2 Å². The van der Waals surface area contributed by atoms with Crippen molar-refractivity contribution in [2.75, 3.05) is 14.2 Å². The summed E-state index contributed by atoms with van der Waals surface area (Å²) >= 11 is 5.96. The molecule has 94 valence electrons. The lowest BCUT2D eigenvalue weighted by Gasteiger charge is -2.12. The number of nitrogens with zero attached hydrogens (tertiary/aromatic N) is 2. The summed E-state index contributed by atoms with van der Waals surface area (Å²) in [6.45, 7) is 1.79. The largest absolute Gasteiger partial charge is 0.496 e. The molecule has 1 aromatic carbocycles. The summed E-state index contributed by atoms with van der Waals surface area (Å²) in [7, 11) is 3.21. The summed E-state index contributed by atoms with van der Waals surface area (Å²) < 4.78 is 10.7. The van der Waals surface area contributed by atoms with E-state index in [1.807, 2.05) is 18.2 Å². The summed E-state index contributed by atoms with van der Waals surface area (Å²) in [6, 6.07) is 7.25. The number of halogens is 1. The van der Waals surface area contributed by atoms with Gasteiger partial charge >= 0.3 is 0 Å². The van der Waals surface area contributed by atoms with Crippen LogP contribution in [0.2, 0.25) is 5.15 Å². The molecule has 0 spiro atoms. The Bertz CT molecular complexity index is 530. The first-order valence-corrected chi connectivity index (χ1v) is 5.76. The highest BCUT2D eigenvalue weighted by Gasteiger charge is 2.14. The molecule has 18 heavy (non-hydrogen) atoms. The lowest BCUT2D eigenvalue weighted by atomic mass is 10.1. The second kappa shape index (κ2) is 5.23. The van der Waals surface area contributed by atoms with E-state index in [4.69, 9.17) is 21.1 Å². The van der Waals surface area contributed by atoms with Crippen molar-refractivity contribution in [3.05, 3.63) is 35.2 Å². The van der Waals surface area contributed by atoms with Gasteiger partial charge in [-0.25, -0.2) is 9.97 Å². The van der Waals surface area contributed by atoms with E-state index >= 15 is 0 Å².